The van der Waals surface area contributed by atoms with E-state index in [2.05, 4.69) is 13.8 Å². The number of piperidine rings is 1. The van der Waals surface area contributed by atoms with Gasteiger partial charge in [-0.15, -0.1) is 0 Å². The molecule has 1 aliphatic heterocycles. The highest BCUT2D eigenvalue weighted by atomic mass is 16.4. The molecule has 1 unspecified atom stereocenters. The van der Waals surface area contributed by atoms with Crippen LogP contribution in [0.2, 0.25) is 0 Å². The van der Waals surface area contributed by atoms with Gasteiger partial charge in [0.25, 0.3) is 0 Å². The first-order chi connectivity index (χ1) is 9.00. The molecule has 0 saturated carbocycles. The van der Waals surface area contributed by atoms with Crippen molar-refractivity contribution in [2.75, 3.05) is 11.4 Å². The van der Waals surface area contributed by atoms with Gasteiger partial charge in [-0.1, -0.05) is 32.0 Å². The highest BCUT2D eigenvalue weighted by Gasteiger charge is 2.31. The van der Waals surface area contributed by atoms with E-state index in [-0.39, 0.29) is 12.5 Å². The number of aliphatic carboxylic acids is 1. The smallest absolute Gasteiger partial charge is 0.308 e. The summed E-state index contributed by atoms with van der Waals surface area (Å²) in [4.78, 5) is 24.8. The summed E-state index contributed by atoms with van der Waals surface area (Å²) in [7, 11) is 0. The summed E-state index contributed by atoms with van der Waals surface area (Å²) >= 11 is 0. The van der Waals surface area contributed by atoms with Crippen LogP contribution in [0, 0.1) is 5.92 Å². The summed E-state index contributed by atoms with van der Waals surface area (Å²) in [6.45, 7) is 4.42. The first kappa shape index (κ1) is 13.6. The third-order valence-corrected chi connectivity index (χ3v) is 3.61. The Morgan fingerprint density at radius 2 is 2.05 bits per heavy atom. The van der Waals surface area contributed by atoms with E-state index in [0.717, 1.165) is 11.3 Å². The second-order valence-electron chi connectivity index (χ2n) is 5.29. The maximum absolute atomic E-state index is 12.1. The molecule has 0 spiro atoms. The van der Waals surface area contributed by atoms with Crippen LogP contribution in [0.4, 0.5) is 5.69 Å². The predicted molar refractivity (Wildman–Crippen MR) is 73.2 cm³/mol. The highest BCUT2D eigenvalue weighted by Crippen LogP contribution is 2.31. The Balaban J connectivity index is 2.34. The summed E-state index contributed by atoms with van der Waals surface area (Å²) in [5.74, 6) is -0.961. The van der Waals surface area contributed by atoms with E-state index in [1.165, 1.54) is 0 Å². The minimum Gasteiger partial charge on any atom is -0.481 e. The number of rotatable bonds is 3. The Bertz CT molecular complexity index is 496. The summed E-state index contributed by atoms with van der Waals surface area (Å²) in [6, 6.07) is 7.73. The molecule has 0 bridgehead atoms. The maximum atomic E-state index is 12.1. The van der Waals surface area contributed by atoms with Gasteiger partial charge in [0.15, 0.2) is 0 Å². The van der Waals surface area contributed by atoms with Gasteiger partial charge in [-0.3, -0.25) is 9.59 Å². The van der Waals surface area contributed by atoms with Gasteiger partial charge in [0.1, 0.15) is 0 Å². The normalized spacial score (nSPS) is 19.8. The van der Waals surface area contributed by atoms with Crippen molar-refractivity contribution in [2.45, 2.75) is 32.6 Å². The fourth-order valence-electron chi connectivity index (χ4n) is 2.50. The van der Waals surface area contributed by atoms with E-state index in [4.69, 9.17) is 5.11 Å². The highest BCUT2D eigenvalue weighted by molar-refractivity contribution is 5.96. The second-order valence-corrected chi connectivity index (χ2v) is 5.29. The van der Waals surface area contributed by atoms with E-state index < -0.39 is 11.9 Å². The lowest BCUT2D eigenvalue weighted by Gasteiger charge is -2.32. The van der Waals surface area contributed by atoms with Crippen molar-refractivity contribution in [1.82, 2.24) is 0 Å². The second kappa shape index (κ2) is 5.43. The standard InChI is InChI=1S/C15H19NO3/c1-10(2)12-5-3-4-6-13(12)16-9-11(15(18)19)7-8-14(16)17/h3-6,10-11H,7-9H2,1-2H3,(H,18,19). The topological polar surface area (TPSA) is 57.6 Å². The van der Waals surface area contributed by atoms with Gasteiger partial charge in [0, 0.05) is 18.7 Å². The molecule has 1 aliphatic rings. The van der Waals surface area contributed by atoms with Gasteiger partial charge in [0.05, 0.1) is 5.92 Å². The Hall–Kier alpha value is -1.84. The average Bonchev–Trinajstić information content (AvgIpc) is 2.39. The van der Waals surface area contributed by atoms with Crippen molar-refractivity contribution >= 4 is 17.6 Å². The van der Waals surface area contributed by atoms with Crippen LogP contribution in [-0.4, -0.2) is 23.5 Å². The van der Waals surface area contributed by atoms with Crippen molar-refractivity contribution in [3.05, 3.63) is 29.8 Å². The van der Waals surface area contributed by atoms with E-state index in [0.29, 0.717) is 18.8 Å². The molecule has 1 atom stereocenters. The molecule has 1 fully saturated rings. The molecular weight excluding hydrogens is 242 g/mol. The van der Waals surface area contributed by atoms with Crippen LogP contribution in [0.1, 0.15) is 38.2 Å². The molecule has 1 N–H and O–H groups in total. The summed E-state index contributed by atoms with van der Waals surface area (Å²) in [5, 5.41) is 9.13. The molecule has 1 aromatic rings. The number of amides is 1. The maximum Gasteiger partial charge on any atom is 0.308 e. The lowest BCUT2D eigenvalue weighted by atomic mass is 9.94. The van der Waals surface area contributed by atoms with Gasteiger partial charge >= 0.3 is 5.97 Å². The summed E-state index contributed by atoms with van der Waals surface area (Å²) in [5.41, 5.74) is 1.94. The average molecular weight is 261 g/mol. The number of carboxylic acid groups (broad SMARTS) is 1. The zero-order valence-electron chi connectivity index (χ0n) is 11.3. The Morgan fingerprint density at radius 3 is 2.68 bits per heavy atom. The van der Waals surface area contributed by atoms with Gasteiger partial charge < -0.3 is 10.0 Å². The number of hydrogen-bond donors (Lipinski definition) is 1. The lowest BCUT2D eigenvalue weighted by molar-refractivity contribution is -0.142. The van der Waals surface area contributed by atoms with Crippen molar-refractivity contribution < 1.29 is 14.7 Å². The molecule has 19 heavy (non-hydrogen) atoms. The third kappa shape index (κ3) is 2.78. The number of carbonyl (C=O) groups excluding carboxylic acids is 1. The van der Waals surface area contributed by atoms with Gasteiger partial charge in [0.2, 0.25) is 5.91 Å². The monoisotopic (exact) mass is 261 g/mol. The molecule has 0 radical (unpaired) electrons. The summed E-state index contributed by atoms with van der Waals surface area (Å²) < 4.78 is 0. The molecule has 4 heteroatoms. The van der Waals surface area contributed by atoms with Crippen LogP contribution >= 0.6 is 0 Å². The number of nitrogens with zero attached hydrogens (tertiary/aromatic N) is 1. The number of benzene rings is 1. The minimum absolute atomic E-state index is 0.0191. The fourth-order valence-corrected chi connectivity index (χ4v) is 2.50. The van der Waals surface area contributed by atoms with E-state index in [1.807, 2.05) is 24.3 Å². The van der Waals surface area contributed by atoms with Crippen molar-refractivity contribution in [2.24, 2.45) is 5.92 Å². The molecule has 0 aliphatic carbocycles. The largest absolute Gasteiger partial charge is 0.481 e. The van der Waals surface area contributed by atoms with Crippen molar-refractivity contribution in [1.29, 1.82) is 0 Å². The predicted octanol–water partition coefficient (Wildman–Crippen LogP) is 2.64. The Morgan fingerprint density at radius 1 is 1.37 bits per heavy atom. The third-order valence-electron chi connectivity index (χ3n) is 3.61. The fraction of sp³-hybridized carbons (Fsp3) is 0.467. The van der Waals surface area contributed by atoms with Crippen LogP contribution < -0.4 is 4.90 Å². The molecule has 2 rings (SSSR count). The van der Waals surface area contributed by atoms with Gasteiger partial charge in [-0.25, -0.2) is 0 Å². The van der Waals surface area contributed by atoms with E-state index >= 15 is 0 Å². The molecule has 4 nitrogen and oxygen atoms in total. The first-order valence-corrected chi connectivity index (χ1v) is 6.62. The molecule has 1 aromatic carbocycles. The summed E-state index contributed by atoms with van der Waals surface area (Å²) in [6.07, 6.45) is 0.748. The molecular formula is C15H19NO3. The van der Waals surface area contributed by atoms with E-state index in [1.54, 1.807) is 4.90 Å². The minimum atomic E-state index is -0.820. The molecule has 1 saturated heterocycles. The zero-order chi connectivity index (χ0) is 14.0. The Kier molecular flexibility index (Phi) is 3.88. The van der Waals surface area contributed by atoms with Crippen LogP contribution in [0.3, 0.4) is 0 Å². The van der Waals surface area contributed by atoms with E-state index in [9.17, 15) is 9.59 Å². The first-order valence-electron chi connectivity index (χ1n) is 6.62. The van der Waals surface area contributed by atoms with Crippen LogP contribution in [0.25, 0.3) is 0 Å². The Labute approximate surface area is 113 Å². The number of anilines is 1. The zero-order valence-corrected chi connectivity index (χ0v) is 11.3. The molecule has 102 valence electrons. The molecule has 1 amide bonds. The number of carboxylic acids is 1. The quantitative estimate of drug-likeness (QED) is 0.910. The van der Waals surface area contributed by atoms with Crippen LogP contribution in [0.5, 0.6) is 0 Å². The van der Waals surface area contributed by atoms with Crippen LogP contribution in [0.15, 0.2) is 24.3 Å². The van der Waals surface area contributed by atoms with Crippen molar-refractivity contribution in [3.8, 4) is 0 Å². The SMILES string of the molecule is CC(C)c1ccccc1N1CC(C(=O)O)CCC1=O. The number of carbonyl (C=O) groups is 2. The van der Waals surface area contributed by atoms with Gasteiger partial charge in [-0.05, 0) is 24.0 Å². The van der Waals surface area contributed by atoms with Crippen LogP contribution in [-0.2, 0) is 9.59 Å². The number of hydrogen-bond acceptors (Lipinski definition) is 2. The number of para-hydroxylation sites is 1. The molecule has 0 aromatic heterocycles. The van der Waals surface area contributed by atoms with Gasteiger partial charge in [-0.2, -0.15) is 0 Å². The van der Waals surface area contributed by atoms with Crippen molar-refractivity contribution in [3.63, 3.8) is 0 Å². The molecule has 1 heterocycles. The lowest BCUT2D eigenvalue weighted by Crippen LogP contribution is -2.43.